The van der Waals surface area contributed by atoms with E-state index in [2.05, 4.69) is 20.9 Å². The molecular weight excluding hydrogens is 1240 g/mol. The van der Waals surface area contributed by atoms with Crippen molar-refractivity contribution in [2.75, 3.05) is 27.1 Å². The number of anilines is 6. The molecule has 0 unspecified atom stereocenters. The van der Waals surface area contributed by atoms with Crippen molar-refractivity contribution in [3.05, 3.63) is 208 Å². The number of carbonyl (C=O) groups is 3. The second-order valence-electron chi connectivity index (χ2n) is 17.2. The van der Waals surface area contributed by atoms with Crippen LogP contribution in [0.2, 0.25) is 0 Å². The van der Waals surface area contributed by atoms with Gasteiger partial charge >= 0.3 is 0 Å². The number of nitrogens with zero attached hydrogens (tertiary/aromatic N) is 4. The largest absolute Gasteiger partial charge is 0.456 e. The minimum Gasteiger partial charge on any atom is -0.456 e. The molecule has 3 aromatic heterocycles. The summed E-state index contributed by atoms with van der Waals surface area (Å²) in [7, 11) is -25.4. The minimum atomic E-state index is -4.24. The fraction of sp³-hybridized carbons (Fsp3) is 0.0385. The molecule has 3 aliphatic rings. The molecule has 0 fully saturated rings. The molecule has 0 saturated carbocycles. The fourth-order valence-electron chi connectivity index (χ4n) is 8.25. The highest BCUT2D eigenvalue weighted by molar-refractivity contribution is 8.13. The number of sulfonamides is 6. The highest BCUT2D eigenvalue weighted by Gasteiger charge is 2.49. The molecule has 428 valence electrons. The van der Waals surface area contributed by atoms with Gasteiger partial charge in [-0.3, -0.25) is 14.4 Å². The van der Waals surface area contributed by atoms with Crippen molar-refractivity contribution >= 4 is 135 Å². The van der Waals surface area contributed by atoms with Crippen LogP contribution in [0.1, 0.15) is 43.9 Å². The first-order valence-electron chi connectivity index (χ1n) is 23.3. The Bertz CT molecular complexity index is 4360. The van der Waals surface area contributed by atoms with Gasteiger partial charge in [0.2, 0.25) is 0 Å². The molecule has 9 aromatic rings. The summed E-state index contributed by atoms with van der Waals surface area (Å²) in [6.45, 7) is 1.71. The lowest BCUT2D eigenvalue weighted by Crippen LogP contribution is -2.30. The summed E-state index contributed by atoms with van der Waals surface area (Å²) in [5, 5.41) is 11.2. The van der Waals surface area contributed by atoms with Gasteiger partial charge in [-0.2, -0.15) is 61.6 Å². The molecule has 23 nitrogen and oxygen atoms in total. The van der Waals surface area contributed by atoms with Gasteiger partial charge in [-0.15, -0.1) is 22.7 Å². The van der Waals surface area contributed by atoms with Crippen LogP contribution >= 0.6 is 22.7 Å². The SMILES string of the molecule is C.Cc1ccc(C(=O)Nc2ccc(N3S(=O)(=O)c4ccccc4S3(=O)=O)cc2)o1.O=C(Nc1ccc(N2S(=O)(=O)c3ccccc3S2(=O)=O)cc1)c1cccs1.O=C(Nc1ccc(N2S(=O)(=O)c3ccccc3S2(=O)=O)cc1)c1cscn1. The summed E-state index contributed by atoms with van der Waals surface area (Å²) in [6, 6.07) is 39.5. The predicted octanol–water partition coefficient (Wildman–Crippen LogP) is 8.57. The molecule has 0 radical (unpaired) electrons. The highest BCUT2D eigenvalue weighted by atomic mass is 32.3. The van der Waals surface area contributed by atoms with E-state index in [1.165, 1.54) is 180 Å². The van der Waals surface area contributed by atoms with Gasteiger partial charge in [-0.05, 0) is 140 Å². The molecule has 12 rings (SSSR count). The van der Waals surface area contributed by atoms with Crippen LogP contribution in [0.25, 0.3) is 0 Å². The normalized spacial score (nSPS) is 16.4. The maximum absolute atomic E-state index is 12.7. The van der Waals surface area contributed by atoms with Gasteiger partial charge in [0, 0.05) is 22.4 Å². The average molecular weight is 1280 g/mol. The second kappa shape index (κ2) is 22.3. The van der Waals surface area contributed by atoms with Crippen LogP contribution in [0, 0.1) is 6.92 Å². The highest BCUT2D eigenvalue weighted by Crippen LogP contribution is 2.43. The zero-order valence-corrected chi connectivity index (χ0v) is 48.0. The predicted molar refractivity (Wildman–Crippen MR) is 310 cm³/mol. The van der Waals surface area contributed by atoms with Gasteiger partial charge in [0.1, 0.15) is 40.8 Å². The number of benzene rings is 6. The van der Waals surface area contributed by atoms with Crippen LogP contribution in [0.4, 0.5) is 34.1 Å². The van der Waals surface area contributed by atoms with Gasteiger partial charge < -0.3 is 20.4 Å². The zero-order chi connectivity index (χ0) is 58.6. The number of thiophene rings is 1. The number of rotatable bonds is 9. The standard InChI is InChI=1S/C18H14N2O6S2.C17H12N2O5S3.C16H11N3O5S3.CH4/c1-12-6-11-15(26-12)18(21)19-13-7-9-14(10-8-13)20-27(22,23)16-4-2-3-5-17(16)28(20,24)25;20-17(14-4-3-11-25-14)18-12-7-9-13(10-8-12)19-26(21,22)15-5-1-2-6-16(15)27(19,23)24;20-16(13-9-25-10-17-13)18-11-5-7-12(8-6-11)19-26(21,22)14-3-1-2-4-15(14)27(19,23)24;/h2-11H,1H3,(H,19,21);1-11H,(H,18,20);1-10H,(H,18,20);1H4. The Morgan fingerprint density at radius 2 is 0.759 bits per heavy atom. The summed E-state index contributed by atoms with van der Waals surface area (Å²) in [6.07, 6.45) is 0. The number of aromatic nitrogens is 1. The molecule has 3 aliphatic heterocycles. The van der Waals surface area contributed by atoms with Crippen molar-refractivity contribution in [3.63, 3.8) is 0 Å². The molecule has 0 spiro atoms. The molecule has 3 N–H and O–H groups in total. The maximum Gasteiger partial charge on any atom is 0.291 e. The molecule has 0 saturated heterocycles. The van der Waals surface area contributed by atoms with Crippen LogP contribution in [0.3, 0.4) is 0 Å². The van der Waals surface area contributed by atoms with Gasteiger partial charge in [-0.1, -0.05) is 49.9 Å². The molecule has 0 aliphatic carbocycles. The number of fused-ring (bicyclic) bond motifs is 3. The molecule has 3 amide bonds. The van der Waals surface area contributed by atoms with Crippen LogP contribution in [0.5, 0.6) is 0 Å². The van der Waals surface area contributed by atoms with E-state index in [0.717, 1.165) is 0 Å². The van der Waals surface area contributed by atoms with Crippen LogP contribution in [0.15, 0.2) is 220 Å². The number of aryl methyl sites for hydroxylation is 1. The third-order valence-electron chi connectivity index (χ3n) is 11.9. The first-order valence-corrected chi connectivity index (χ1v) is 33.7. The van der Waals surface area contributed by atoms with E-state index in [0.29, 0.717) is 38.8 Å². The van der Waals surface area contributed by atoms with Gasteiger partial charge in [-0.25, -0.2) is 4.98 Å². The van der Waals surface area contributed by atoms with Crippen molar-refractivity contribution in [1.29, 1.82) is 0 Å². The van der Waals surface area contributed by atoms with E-state index in [9.17, 15) is 64.9 Å². The summed E-state index contributed by atoms with van der Waals surface area (Å²) in [5.41, 5.74) is 2.81. The van der Waals surface area contributed by atoms with E-state index in [1.807, 2.05) is 0 Å². The Hall–Kier alpha value is -8.56. The molecule has 83 heavy (non-hydrogen) atoms. The molecule has 6 aromatic carbocycles. The third-order valence-corrected chi connectivity index (χ3v) is 26.6. The Labute approximate surface area is 484 Å². The Morgan fingerprint density at radius 1 is 0.422 bits per heavy atom. The first kappa shape index (κ1) is 59.1. The molecule has 0 atom stereocenters. The zero-order valence-electron chi connectivity index (χ0n) is 41.5. The van der Waals surface area contributed by atoms with Gasteiger partial charge in [0.05, 0.1) is 27.4 Å². The van der Waals surface area contributed by atoms with Crippen molar-refractivity contribution in [2.24, 2.45) is 0 Å². The van der Waals surface area contributed by atoms with E-state index in [-0.39, 0.29) is 71.2 Å². The minimum absolute atomic E-state index is 0. The first-order chi connectivity index (χ1) is 38.8. The monoisotopic (exact) mass is 1280 g/mol. The Morgan fingerprint density at radius 3 is 1.05 bits per heavy atom. The lowest BCUT2D eigenvalue weighted by Gasteiger charge is -2.16. The van der Waals surface area contributed by atoms with Crippen molar-refractivity contribution < 1.29 is 69.3 Å². The third kappa shape index (κ3) is 10.9. The Balaban J connectivity index is 0.000000149. The number of nitrogens with one attached hydrogen (secondary N) is 3. The molecule has 0 bridgehead atoms. The fourth-order valence-corrected chi connectivity index (χ4v) is 22.8. The second-order valence-corrected chi connectivity index (χ2v) is 30.1. The topological polar surface area (TPSA) is 328 Å². The van der Waals surface area contributed by atoms with E-state index < -0.39 is 72.0 Å². The molecule has 6 heterocycles. The van der Waals surface area contributed by atoms with Crippen molar-refractivity contribution in [3.8, 4) is 0 Å². The lowest BCUT2D eigenvalue weighted by atomic mass is 10.3. The van der Waals surface area contributed by atoms with Crippen LogP contribution < -0.4 is 27.1 Å². The molecular formula is C52H41N7O16S8. The van der Waals surface area contributed by atoms with Crippen molar-refractivity contribution in [1.82, 2.24) is 4.98 Å². The molecule has 31 heteroatoms. The summed E-state index contributed by atoms with van der Waals surface area (Å²) in [5.74, 6) is -0.481. The van der Waals surface area contributed by atoms with E-state index >= 15 is 0 Å². The summed E-state index contributed by atoms with van der Waals surface area (Å²) in [4.78, 5) is 39.1. The number of thiazole rings is 1. The summed E-state index contributed by atoms with van der Waals surface area (Å²) >= 11 is 2.57. The number of furan rings is 1. The number of hydrogen-bond acceptors (Lipinski definition) is 19. The lowest BCUT2D eigenvalue weighted by molar-refractivity contribution is 0.0992. The van der Waals surface area contributed by atoms with E-state index in [1.54, 1.807) is 35.9 Å². The summed E-state index contributed by atoms with van der Waals surface area (Å²) < 4.78 is 159. The van der Waals surface area contributed by atoms with Crippen LogP contribution in [-0.4, -0.2) is 73.2 Å². The van der Waals surface area contributed by atoms with Gasteiger partial charge in [0.25, 0.3) is 77.9 Å². The number of carbonyl (C=O) groups excluding carboxylic acids is 3. The average Bonchev–Trinajstić information content (AvgIpc) is 2.27. The number of amides is 3. The quantitative estimate of drug-likeness (QED) is 0.122. The van der Waals surface area contributed by atoms with Crippen molar-refractivity contribution in [2.45, 2.75) is 43.7 Å². The number of hydrogen-bond donors (Lipinski definition) is 3. The smallest absolute Gasteiger partial charge is 0.291 e. The van der Waals surface area contributed by atoms with Gasteiger partial charge in [0.15, 0.2) is 5.76 Å². The maximum atomic E-state index is 12.7. The van der Waals surface area contributed by atoms with E-state index in [4.69, 9.17) is 4.42 Å². The van der Waals surface area contributed by atoms with Crippen LogP contribution in [-0.2, 0) is 60.1 Å². The Kier molecular flexibility index (Phi) is 15.9.